The molecule has 6 heteroatoms. The van der Waals surface area contributed by atoms with Gasteiger partial charge in [-0.05, 0) is 16.7 Å². The van der Waals surface area contributed by atoms with E-state index < -0.39 is 12.1 Å². The Hall–Kier alpha value is -0.910. The van der Waals surface area contributed by atoms with Crippen molar-refractivity contribution in [3.05, 3.63) is 34.9 Å². The third-order valence-corrected chi connectivity index (χ3v) is 3.26. The summed E-state index contributed by atoms with van der Waals surface area (Å²) in [4.78, 5) is 22.1. The third kappa shape index (κ3) is 4.08. The number of hydrogen-bond acceptors (Lipinski definition) is 3. The minimum Gasteiger partial charge on any atom is -0.479 e. The molecule has 0 saturated heterocycles. The highest BCUT2D eigenvalue weighted by Gasteiger charge is 2.17. The second-order valence-corrected chi connectivity index (χ2v) is 4.63. The molecule has 1 aromatic rings. The molecule has 1 rings (SSSR count). The fourth-order valence-corrected chi connectivity index (χ4v) is 1.90. The first kappa shape index (κ1) is 15.1. The molecule has 1 aromatic carbocycles. The Bertz CT molecular complexity index is 461. The number of carboxylic acids is 1. The summed E-state index contributed by atoms with van der Waals surface area (Å²) in [5, 5.41) is 18.5. The van der Waals surface area contributed by atoms with E-state index in [1.807, 2.05) is 0 Å². The van der Waals surface area contributed by atoms with Crippen molar-refractivity contribution in [3.63, 3.8) is 0 Å². The van der Waals surface area contributed by atoms with E-state index in [2.05, 4.69) is 15.9 Å². The van der Waals surface area contributed by atoms with Crippen LogP contribution in [0, 0.1) is 0 Å². The topological polar surface area (TPSA) is 74.6 Å². The summed E-state index contributed by atoms with van der Waals surface area (Å²) in [5.41, 5.74) is 1.55. The smallest absolute Gasteiger partial charge is 0.337 e. The zero-order chi connectivity index (χ0) is 13.7. The van der Waals surface area contributed by atoms with Gasteiger partial charge in [-0.2, -0.15) is 0 Å². The second kappa shape index (κ2) is 6.87. The largest absolute Gasteiger partial charge is 0.479 e. The molecule has 1 atom stereocenters. The van der Waals surface area contributed by atoms with Gasteiger partial charge in [-0.25, -0.2) is 4.79 Å². The highest BCUT2D eigenvalue weighted by Crippen LogP contribution is 2.19. The number of carboxylic acid groups (broad SMARTS) is 1. The van der Waals surface area contributed by atoms with E-state index in [1.54, 1.807) is 6.07 Å². The van der Waals surface area contributed by atoms with Crippen LogP contribution in [0.25, 0.3) is 0 Å². The third-order valence-electron chi connectivity index (χ3n) is 2.33. The number of rotatable bonds is 6. The molecule has 0 heterocycles. The van der Waals surface area contributed by atoms with Crippen LogP contribution in [-0.2, 0) is 21.9 Å². The number of Topliss-reactive ketones (excluding diaryl/α,β-unsaturated/α-hetero) is 1. The lowest BCUT2D eigenvalue weighted by atomic mass is 10.00. The number of carbonyl (C=O) groups excluding carboxylic acids is 1. The van der Waals surface area contributed by atoms with Crippen molar-refractivity contribution in [3.8, 4) is 0 Å². The molecule has 0 spiro atoms. The molecule has 18 heavy (non-hydrogen) atoms. The molecule has 0 aromatic heterocycles. The van der Waals surface area contributed by atoms with Crippen LogP contribution < -0.4 is 0 Å². The zero-order valence-corrected chi connectivity index (χ0v) is 11.7. The van der Waals surface area contributed by atoms with E-state index in [-0.39, 0.29) is 29.0 Å². The molecule has 0 bridgehead atoms. The van der Waals surface area contributed by atoms with Gasteiger partial charge in [0.15, 0.2) is 6.10 Å². The van der Waals surface area contributed by atoms with Crippen molar-refractivity contribution >= 4 is 39.3 Å². The van der Waals surface area contributed by atoms with Crippen LogP contribution in [0.15, 0.2) is 18.2 Å². The van der Waals surface area contributed by atoms with Gasteiger partial charge in [-0.3, -0.25) is 4.79 Å². The van der Waals surface area contributed by atoms with Gasteiger partial charge in [0.2, 0.25) is 0 Å². The fraction of sp³-hybridized carbons (Fsp3) is 0.333. The Labute approximate surface area is 118 Å². The van der Waals surface area contributed by atoms with E-state index >= 15 is 0 Å². The van der Waals surface area contributed by atoms with Gasteiger partial charge in [0.05, 0.1) is 5.33 Å². The number of halogens is 2. The second-order valence-electron chi connectivity index (χ2n) is 3.81. The SMILES string of the molecule is O=C(CBr)Cc1cc(CCl)cc(C(O)C(=O)O)c1. The number of hydrogen-bond donors (Lipinski definition) is 2. The quantitative estimate of drug-likeness (QED) is 0.780. The number of aliphatic carboxylic acids is 1. The number of alkyl halides is 2. The number of aliphatic hydroxyl groups excluding tert-OH is 1. The molecule has 4 nitrogen and oxygen atoms in total. The first-order chi connectivity index (χ1) is 8.47. The van der Waals surface area contributed by atoms with Crippen LogP contribution >= 0.6 is 27.5 Å². The van der Waals surface area contributed by atoms with Crippen LogP contribution in [0.2, 0.25) is 0 Å². The minimum atomic E-state index is -1.61. The van der Waals surface area contributed by atoms with Crippen LogP contribution in [0.3, 0.4) is 0 Å². The number of ketones is 1. The molecule has 0 aliphatic rings. The maximum absolute atomic E-state index is 11.3. The molecule has 0 aliphatic heterocycles. The summed E-state index contributed by atoms with van der Waals surface area (Å²) >= 11 is 8.76. The summed E-state index contributed by atoms with van der Waals surface area (Å²) in [6, 6.07) is 4.76. The van der Waals surface area contributed by atoms with Crippen LogP contribution in [0.1, 0.15) is 22.8 Å². The number of carbonyl (C=O) groups is 2. The standard InChI is InChI=1S/C12H12BrClO4/c13-5-10(15)4-7-1-8(6-14)3-9(2-7)11(16)12(17)18/h1-3,11,16H,4-6H2,(H,17,18). The molecule has 2 N–H and O–H groups in total. The van der Waals surface area contributed by atoms with Gasteiger partial charge < -0.3 is 10.2 Å². The molecule has 0 saturated carbocycles. The maximum atomic E-state index is 11.3. The Morgan fingerprint density at radius 1 is 1.28 bits per heavy atom. The number of benzene rings is 1. The Morgan fingerprint density at radius 2 is 1.89 bits per heavy atom. The van der Waals surface area contributed by atoms with Gasteiger partial charge in [-0.15, -0.1) is 11.6 Å². The van der Waals surface area contributed by atoms with Crippen LogP contribution in [0.5, 0.6) is 0 Å². The van der Waals surface area contributed by atoms with Crippen molar-refractivity contribution in [2.45, 2.75) is 18.4 Å². The molecule has 0 radical (unpaired) electrons. The van der Waals surface area contributed by atoms with Crippen molar-refractivity contribution in [1.82, 2.24) is 0 Å². The highest BCUT2D eigenvalue weighted by atomic mass is 79.9. The van der Waals surface area contributed by atoms with Gasteiger partial charge in [0.1, 0.15) is 5.78 Å². The lowest BCUT2D eigenvalue weighted by molar-refractivity contribution is -0.146. The maximum Gasteiger partial charge on any atom is 0.337 e. The molecule has 0 aliphatic carbocycles. The normalized spacial score (nSPS) is 12.2. The first-order valence-electron chi connectivity index (χ1n) is 5.15. The Morgan fingerprint density at radius 3 is 2.39 bits per heavy atom. The van der Waals surface area contributed by atoms with Gasteiger partial charge >= 0.3 is 5.97 Å². The van der Waals surface area contributed by atoms with Gasteiger partial charge in [0, 0.05) is 12.3 Å². The van der Waals surface area contributed by atoms with Crippen molar-refractivity contribution in [1.29, 1.82) is 0 Å². The summed E-state index contributed by atoms with van der Waals surface area (Å²) < 4.78 is 0. The van der Waals surface area contributed by atoms with E-state index in [1.165, 1.54) is 12.1 Å². The molecule has 0 fully saturated rings. The predicted molar refractivity (Wildman–Crippen MR) is 71.1 cm³/mol. The van der Waals surface area contributed by atoms with Crippen molar-refractivity contribution in [2.75, 3.05) is 5.33 Å². The minimum absolute atomic E-state index is 0.0301. The van der Waals surface area contributed by atoms with Gasteiger partial charge in [0.25, 0.3) is 0 Å². The van der Waals surface area contributed by atoms with Crippen molar-refractivity contribution in [2.24, 2.45) is 0 Å². The zero-order valence-electron chi connectivity index (χ0n) is 9.40. The van der Waals surface area contributed by atoms with E-state index in [9.17, 15) is 14.7 Å². The van der Waals surface area contributed by atoms with Crippen LogP contribution in [0.4, 0.5) is 0 Å². The monoisotopic (exact) mass is 334 g/mol. The number of aliphatic hydroxyl groups is 1. The summed E-state index contributed by atoms with van der Waals surface area (Å²) in [6.07, 6.45) is -1.43. The van der Waals surface area contributed by atoms with E-state index in [0.29, 0.717) is 11.1 Å². The average Bonchev–Trinajstić information content (AvgIpc) is 2.36. The van der Waals surface area contributed by atoms with Gasteiger partial charge in [-0.1, -0.05) is 34.1 Å². The lowest BCUT2D eigenvalue weighted by Crippen LogP contribution is -2.12. The fourth-order valence-electron chi connectivity index (χ4n) is 1.55. The average molecular weight is 336 g/mol. The summed E-state index contributed by atoms with van der Waals surface area (Å²) in [6.45, 7) is 0. The molecular formula is C12H12BrClO4. The van der Waals surface area contributed by atoms with Crippen LogP contribution in [-0.4, -0.2) is 27.3 Å². The Kier molecular flexibility index (Phi) is 5.78. The van der Waals surface area contributed by atoms with Crippen molar-refractivity contribution < 1.29 is 19.8 Å². The predicted octanol–water partition coefficient (Wildman–Crippen LogP) is 2.05. The first-order valence-corrected chi connectivity index (χ1v) is 6.80. The highest BCUT2D eigenvalue weighted by molar-refractivity contribution is 9.09. The molecule has 98 valence electrons. The van der Waals surface area contributed by atoms with E-state index in [0.717, 1.165) is 0 Å². The summed E-state index contributed by atoms with van der Waals surface area (Å²) in [7, 11) is 0. The summed E-state index contributed by atoms with van der Waals surface area (Å²) in [5.74, 6) is -1.17. The molecular weight excluding hydrogens is 323 g/mol. The Balaban J connectivity index is 3.08. The molecule has 1 unspecified atom stereocenters. The molecule has 0 amide bonds. The van der Waals surface area contributed by atoms with E-state index in [4.69, 9.17) is 16.7 Å². The lowest BCUT2D eigenvalue weighted by Gasteiger charge is -2.10.